The van der Waals surface area contributed by atoms with Crippen LogP contribution in [0.5, 0.6) is 5.75 Å². The largest absolute Gasteiger partial charge is 0.508 e. The molecule has 4 nitrogen and oxygen atoms in total. The minimum absolute atomic E-state index is 0.167. The number of benzene rings is 1. The Balaban J connectivity index is 2.16. The van der Waals surface area contributed by atoms with E-state index < -0.39 is 0 Å². The molecule has 1 aliphatic heterocycles. The SMILES string of the molecule is CNC(C)c1ccc(N2CCN(C)C(C)C2)cc1O. The number of likely N-dealkylation sites (N-methyl/N-ethyl adjacent to an activating group) is 1. The summed E-state index contributed by atoms with van der Waals surface area (Å²) in [5.41, 5.74) is 2.07. The molecule has 0 bridgehead atoms. The van der Waals surface area contributed by atoms with Gasteiger partial charge in [-0.3, -0.25) is 0 Å². The number of hydrogen-bond donors (Lipinski definition) is 2. The second kappa shape index (κ2) is 5.80. The van der Waals surface area contributed by atoms with Gasteiger partial charge in [-0.2, -0.15) is 0 Å². The van der Waals surface area contributed by atoms with E-state index in [1.54, 1.807) is 0 Å². The number of phenols is 1. The third-order valence-corrected chi connectivity index (χ3v) is 4.24. The van der Waals surface area contributed by atoms with E-state index in [1.807, 2.05) is 26.1 Å². The second-order valence-electron chi connectivity index (χ2n) is 5.53. The molecule has 0 aliphatic carbocycles. The lowest BCUT2D eigenvalue weighted by molar-refractivity contribution is 0.234. The Bertz CT molecular complexity index is 435. The van der Waals surface area contributed by atoms with Crippen molar-refractivity contribution in [2.24, 2.45) is 0 Å². The van der Waals surface area contributed by atoms with Crippen LogP contribution >= 0.6 is 0 Å². The van der Waals surface area contributed by atoms with Crippen LogP contribution in [-0.4, -0.2) is 49.8 Å². The Hall–Kier alpha value is -1.26. The first-order valence-electron chi connectivity index (χ1n) is 6.98. The number of nitrogens with zero attached hydrogens (tertiary/aromatic N) is 2. The molecular formula is C15H25N3O. The summed E-state index contributed by atoms with van der Waals surface area (Å²) in [6.45, 7) is 7.38. The highest BCUT2D eigenvalue weighted by molar-refractivity contribution is 5.54. The van der Waals surface area contributed by atoms with Crippen LogP contribution in [0.3, 0.4) is 0 Å². The third kappa shape index (κ3) is 3.01. The zero-order chi connectivity index (χ0) is 14.0. The van der Waals surface area contributed by atoms with Gasteiger partial charge in [0, 0.05) is 49.0 Å². The topological polar surface area (TPSA) is 38.7 Å². The summed E-state index contributed by atoms with van der Waals surface area (Å²) in [6.07, 6.45) is 0. The number of hydrogen-bond acceptors (Lipinski definition) is 4. The van der Waals surface area contributed by atoms with E-state index in [2.05, 4.69) is 35.2 Å². The number of aromatic hydroxyl groups is 1. The predicted octanol–water partition coefficient (Wildman–Crippen LogP) is 1.81. The molecule has 0 amide bonds. The van der Waals surface area contributed by atoms with Crippen LogP contribution < -0.4 is 10.2 Å². The molecule has 19 heavy (non-hydrogen) atoms. The highest BCUT2D eigenvalue weighted by Gasteiger charge is 2.21. The van der Waals surface area contributed by atoms with Crippen LogP contribution in [0, 0.1) is 0 Å². The first-order valence-corrected chi connectivity index (χ1v) is 6.98. The van der Waals surface area contributed by atoms with Gasteiger partial charge in [0.2, 0.25) is 0 Å². The lowest BCUT2D eigenvalue weighted by Gasteiger charge is -2.39. The number of phenolic OH excluding ortho intramolecular Hbond substituents is 1. The molecule has 1 aromatic rings. The Kier molecular flexibility index (Phi) is 4.32. The predicted molar refractivity (Wildman–Crippen MR) is 79.9 cm³/mol. The zero-order valence-electron chi connectivity index (χ0n) is 12.3. The maximum atomic E-state index is 10.2. The van der Waals surface area contributed by atoms with Crippen molar-refractivity contribution >= 4 is 5.69 Å². The maximum Gasteiger partial charge on any atom is 0.122 e. The van der Waals surface area contributed by atoms with Gasteiger partial charge in [0.15, 0.2) is 0 Å². The summed E-state index contributed by atoms with van der Waals surface area (Å²) in [4.78, 5) is 4.71. The lowest BCUT2D eigenvalue weighted by Crippen LogP contribution is -2.50. The quantitative estimate of drug-likeness (QED) is 0.872. The minimum Gasteiger partial charge on any atom is -0.508 e. The van der Waals surface area contributed by atoms with E-state index in [-0.39, 0.29) is 6.04 Å². The molecule has 2 atom stereocenters. The van der Waals surface area contributed by atoms with Gasteiger partial charge in [0.25, 0.3) is 0 Å². The van der Waals surface area contributed by atoms with Crippen LogP contribution in [-0.2, 0) is 0 Å². The summed E-state index contributed by atoms with van der Waals surface area (Å²) in [6, 6.07) is 6.74. The first-order chi connectivity index (χ1) is 9.02. The Morgan fingerprint density at radius 2 is 2.11 bits per heavy atom. The van der Waals surface area contributed by atoms with E-state index >= 15 is 0 Å². The third-order valence-electron chi connectivity index (χ3n) is 4.24. The normalized spacial score (nSPS) is 22.5. The van der Waals surface area contributed by atoms with Crippen molar-refractivity contribution < 1.29 is 5.11 Å². The molecule has 1 heterocycles. The fourth-order valence-corrected chi connectivity index (χ4v) is 2.53. The van der Waals surface area contributed by atoms with Crippen LogP contribution in [0.25, 0.3) is 0 Å². The lowest BCUT2D eigenvalue weighted by atomic mass is 10.1. The van der Waals surface area contributed by atoms with Gasteiger partial charge >= 0.3 is 0 Å². The monoisotopic (exact) mass is 263 g/mol. The van der Waals surface area contributed by atoms with Crippen LogP contribution in [0.2, 0.25) is 0 Å². The number of rotatable bonds is 3. The molecule has 1 aliphatic rings. The molecule has 1 aromatic carbocycles. The van der Waals surface area contributed by atoms with Crippen molar-refractivity contribution in [2.75, 3.05) is 38.6 Å². The smallest absolute Gasteiger partial charge is 0.122 e. The fourth-order valence-electron chi connectivity index (χ4n) is 2.53. The summed E-state index contributed by atoms with van der Waals surface area (Å²) in [5.74, 6) is 0.380. The summed E-state index contributed by atoms with van der Waals surface area (Å²) < 4.78 is 0. The maximum absolute atomic E-state index is 10.2. The highest BCUT2D eigenvalue weighted by atomic mass is 16.3. The van der Waals surface area contributed by atoms with Crippen LogP contribution in [0.15, 0.2) is 18.2 Å². The standard InChI is InChI=1S/C15H25N3O/c1-11-10-18(8-7-17(11)4)13-5-6-14(12(2)16-3)15(19)9-13/h5-6,9,11-12,16,19H,7-8,10H2,1-4H3. The number of piperazine rings is 1. The average Bonchev–Trinajstić information content (AvgIpc) is 2.41. The molecule has 4 heteroatoms. The molecule has 0 aromatic heterocycles. The van der Waals surface area contributed by atoms with E-state index in [1.165, 1.54) is 0 Å². The van der Waals surface area contributed by atoms with Gasteiger partial charge in [-0.15, -0.1) is 0 Å². The van der Waals surface area contributed by atoms with Gasteiger partial charge in [0.1, 0.15) is 5.75 Å². The van der Waals surface area contributed by atoms with Crippen molar-refractivity contribution in [2.45, 2.75) is 25.9 Å². The molecule has 1 fully saturated rings. The minimum atomic E-state index is 0.167. The van der Waals surface area contributed by atoms with E-state index in [9.17, 15) is 5.11 Å². The molecule has 0 radical (unpaired) electrons. The summed E-state index contributed by atoms with van der Waals surface area (Å²) >= 11 is 0. The van der Waals surface area contributed by atoms with Crippen molar-refractivity contribution in [1.29, 1.82) is 0 Å². The Morgan fingerprint density at radius 1 is 1.37 bits per heavy atom. The number of nitrogens with one attached hydrogen (secondary N) is 1. The fraction of sp³-hybridized carbons (Fsp3) is 0.600. The van der Waals surface area contributed by atoms with Crippen molar-refractivity contribution in [3.63, 3.8) is 0 Å². The first kappa shape index (κ1) is 14.2. The van der Waals surface area contributed by atoms with E-state index in [0.29, 0.717) is 11.8 Å². The van der Waals surface area contributed by atoms with Gasteiger partial charge in [-0.05, 0) is 34.0 Å². The molecule has 2 N–H and O–H groups in total. The van der Waals surface area contributed by atoms with Crippen molar-refractivity contribution in [3.05, 3.63) is 23.8 Å². The Morgan fingerprint density at radius 3 is 2.68 bits per heavy atom. The summed E-state index contributed by atoms with van der Waals surface area (Å²) in [7, 11) is 4.07. The zero-order valence-corrected chi connectivity index (χ0v) is 12.3. The van der Waals surface area contributed by atoms with Gasteiger partial charge < -0.3 is 20.2 Å². The average molecular weight is 263 g/mol. The second-order valence-corrected chi connectivity index (χ2v) is 5.53. The molecule has 2 rings (SSSR count). The van der Waals surface area contributed by atoms with E-state index in [0.717, 1.165) is 30.9 Å². The van der Waals surface area contributed by atoms with Gasteiger partial charge in [-0.25, -0.2) is 0 Å². The molecule has 2 unspecified atom stereocenters. The molecule has 0 spiro atoms. The van der Waals surface area contributed by atoms with E-state index in [4.69, 9.17) is 0 Å². The molecular weight excluding hydrogens is 238 g/mol. The summed E-state index contributed by atoms with van der Waals surface area (Å²) in [5, 5.41) is 13.3. The van der Waals surface area contributed by atoms with Crippen molar-refractivity contribution in [3.8, 4) is 5.75 Å². The van der Waals surface area contributed by atoms with Crippen LogP contribution in [0.4, 0.5) is 5.69 Å². The highest BCUT2D eigenvalue weighted by Crippen LogP contribution is 2.29. The van der Waals surface area contributed by atoms with Crippen LogP contribution in [0.1, 0.15) is 25.5 Å². The van der Waals surface area contributed by atoms with Crippen molar-refractivity contribution in [1.82, 2.24) is 10.2 Å². The molecule has 1 saturated heterocycles. The van der Waals surface area contributed by atoms with Gasteiger partial charge in [-0.1, -0.05) is 6.07 Å². The van der Waals surface area contributed by atoms with Gasteiger partial charge in [0.05, 0.1) is 0 Å². The number of anilines is 1. The Labute approximate surface area is 116 Å². The molecule has 0 saturated carbocycles. The molecule has 106 valence electrons.